The fourth-order valence-electron chi connectivity index (χ4n) is 4.26. The summed E-state index contributed by atoms with van der Waals surface area (Å²) >= 11 is 0. The van der Waals surface area contributed by atoms with E-state index in [-0.39, 0.29) is 23.7 Å². The van der Waals surface area contributed by atoms with Gasteiger partial charge in [-0.3, -0.25) is 4.68 Å². The molecular weight excluding hydrogens is 391 g/mol. The standard InChI is InChI=1S/C23H29BN4O3/c1-21(2)22(3,4)31-24(30-21)18-11-9-17(10-12-18)23(5,16-7-8-16)20-26-19(29-27-20)15-13-25-28(6)14-15/h9-14,16H,7-8H2,1-6H3. The van der Waals surface area contributed by atoms with Crippen LogP contribution in [-0.2, 0) is 21.8 Å². The molecule has 0 amide bonds. The molecular formula is C23H29BN4O3. The van der Waals surface area contributed by atoms with E-state index in [2.05, 4.69) is 69.1 Å². The Labute approximate surface area is 183 Å². The molecule has 2 aromatic heterocycles. The van der Waals surface area contributed by atoms with Crippen LogP contribution in [0.25, 0.3) is 11.5 Å². The van der Waals surface area contributed by atoms with E-state index in [0.717, 1.165) is 29.7 Å². The number of benzene rings is 1. The monoisotopic (exact) mass is 420 g/mol. The maximum atomic E-state index is 6.20. The van der Waals surface area contributed by atoms with Gasteiger partial charge < -0.3 is 13.8 Å². The fourth-order valence-corrected chi connectivity index (χ4v) is 4.26. The van der Waals surface area contributed by atoms with Crippen LogP contribution < -0.4 is 5.46 Å². The van der Waals surface area contributed by atoms with Gasteiger partial charge in [-0.2, -0.15) is 10.1 Å². The van der Waals surface area contributed by atoms with Crippen LogP contribution in [0.2, 0.25) is 0 Å². The third-order valence-corrected chi connectivity index (χ3v) is 7.27. The van der Waals surface area contributed by atoms with Gasteiger partial charge in [0.2, 0.25) is 0 Å². The second-order valence-corrected chi connectivity index (χ2v) is 10.0. The number of hydrogen-bond acceptors (Lipinski definition) is 6. The van der Waals surface area contributed by atoms with Crippen molar-refractivity contribution in [3.8, 4) is 11.5 Å². The molecule has 162 valence electrons. The highest BCUT2D eigenvalue weighted by atomic mass is 16.7. The van der Waals surface area contributed by atoms with Crippen LogP contribution in [0.5, 0.6) is 0 Å². The van der Waals surface area contributed by atoms with E-state index in [1.807, 2.05) is 13.2 Å². The summed E-state index contributed by atoms with van der Waals surface area (Å²) < 4.78 is 19.7. The highest BCUT2D eigenvalue weighted by molar-refractivity contribution is 6.62. The molecule has 1 saturated carbocycles. The van der Waals surface area contributed by atoms with Crippen LogP contribution >= 0.6 is 0 Å². The number of rotatable bonds is 5. The predicted molar refractivity (Wildman–Crippen MR) is 118 cm³/mol. The van der Waals surface area contributed by atoms with Crippen LogP contribution in [0, 0.1) is 5.92 Å². The lowest BCUT2D eigenvalue weighted by Crippen LogP contribution is -2.41. The zero-order chi connectivity index (χ0) is 22.0. The van der Waals surface area contributed by atoms with E-state index >= 15 is 0 Å². The summed E-state index contributed by atoms with van der Waals surface area (Å²) in [5.74, 6) is 1.72. The number of aromatic nitrogens is 4. The molecule has 31 heavy (non-hydrogen) atoms. The van der Waals surface area contributed by atoms with Crippen molar-refractivity contribution in [2.24, 2.45) is 13.0 Å². The first-order valence-electron chi connectivity index (χ1n) is 10.9. The second-order valence-electron chi connectivity index (χ2n) is 10.0. The molecule has 1 saturated heterocycles. The first-order chi connectivity index (χ1) is 14.6. The van der Waals surface area contributed by atoms with Gasteiger partial charge in [0.25, 0.3) is 5.89 Å². The van der Waals surface area contributed by atoms with Crippen LogP contribution in [0.4, 0.5) is 0 Å². The summed E-state index contributed by atoms with van der Waals surface area (Å²) in [6.45, 7) is 10.5. The predicted octanol–water partition coefficient (Wildman–Crippen LogP) is 3.49. The number of nitrogens with zero attached hydrogens (tertiary/aromatic N) is 4. The van der Waals surface area contributed by atoms with Crippen molar-refractivity contribution in [1.82, 2.24) is 19.9 Å². The van der Waals surface area contributed by atoms with E-state index in [4.69, 9.17) is 18.8 Å². The Morgan fingerprint density at radius 3 is 2.26 bits per heavy atom. The summed E-state index contributed by atoms with van der Waals surface area (Å²) in [6, 6.07) is 8.50. The minimum Gasteiger partial charge on any atom is -0.399 e. The van der Waals surface area contributed by atoms with Crippen molar-refractivity contribution >= 4 is 12.6 Å². The highest BCUT2D eigenvalue weighted by Gasteiger charge is 2.52. The lowest BCUT2D eigenvalue weighted by molar-refractivity contribution is 0.00578. The molecule has 2 fully saturated rings. The van der Waals surface area contributed by atoms with E-state index in [9.17, 15) is 0 Å². The van der Waals surface area contributed by atoms with E-state index < -0.39 is 0 Å². The summed E-state index contributed by atoms with van der Waals surface area (Å²) in [5.41, 5.74) is 2.01. The van der Waals surface area contributed by atoms with Gasteiger partial charge >= 0.3 is 7.12 Å². The van der Waals surface area contributed by atoms with Crippen LogP contribution in [0.15, 0.2) is 41.2 Å². The smallest absolute Gasteiger partial charge is 0.399 e. The molecule has 0 radical (unpaired) electrons. The van der Waals surface area contributed by atoms with Crippen molar-refractivity contribution in [3.05, 3.63) is 48.0 Å². The van der Waals surface area contributed by atoms with Gasteiger partial charge in [-0.05, 0) is 64.4 Å². The first kappa shape index (κ1) is 20.5. The SMILES string of the molecule is Cn1cc(-c2nc(C(C)(c3ccc(B4OC(C)(C)C(C)(C)O4)cc3)C3CC3)no2)cn1. The maximum Gasteiger partial charge on any atom is 0.494 e. The molecule has 0 bridgehead atoms. The zero-order valence-electron chi connectivity index (χ0n) is 19.0. The molecule has 1 aliphatic carbocycles. The van der Waals surface area contributed by atoms with Crippen molar-refractivity contribution < 1.29 is 13.8 Å². The number of aryl methyl sites for hydroxylation is 1. The first-order valence-corrected chi connectivity index (χ1v) is 10.9. The molecule has 3 aromatic rings. The Balaban J connectivity index is 1.44. The molecule has 1 aliphatic heterocycles. The molecule has 7 nitrogen and oxygen atoms in total. The lowest BCUT2D eigenvalue weighted by atomic mass is 9.73. The van der Waals surface area contributed by atoms with Gasteiger partial charge in [-0.25, -0.2) is 0 Å². The highest BCUT2D eigenvalue weighted by Crippen LogP contribution is 2.50. The topological polar surface area (TPSA) is 75.2 Å². The van der Waals surface area contributed by atoms with Crippen molar-refractivity contribution in [1.29, 1.82) is 0 Å². The third-order valence-electron chi connectivity index (χ3n) is 7.27. The van der Waals surface area contributed by atoms with E-state index in [1.54, 1.807) is 10.9 Å². The van der Waals surface area contributed by atoms with Gasteiger partial charge in [0, 0.05) is 13.2 Å². The minimum absolute atomic E-state index is 0.307. The summed E-state index contributed by atoms with van der Waals surface area (Å²) in [5, 5.41) is 8.58. The molecule has 5 rings (SSSR count). The quantitative estimate of drug-likeness (QED) is 0.589. The summed E-state index contributed by atoms with van der Waals surface area (Å²) in [7, 11) is 1.50. The average Bonchev–Trinajstić information content (AvgIpc) is 3.21. The Bertz CT molecular complexity index is 1080. The van der Waals surface area contributed by atoms with E-state index in [1.165, 1.54) is 5.56 Å². The Kier molecular flexibility index (Phi) is 4.47. The van der Waals surface area contributed by atoms with Gasteiger partial charge in [0.05, 0.1) is 28.4 Å². The normalized spacial score (nSPS) is 21.9. The van der Waals surface area contributed by atoms with Gasteiger partial charge in [0.15, 0.2) is 5.82 Å². The maximum absolute atomic E-state index is 6.20. The summed E-state index contributed by atoms with van der Waals surface area (Å²) in [6.07, 6.45) is 5.94. The van der Waals surface area contributed by atoms with E-state index in [0.29, 0.717) is 11.8 Å². The van der Waals surface area contributed by atoms with Crippen molar-refractivity contribution in [3.63, 3.8) is 0 Å². The lowest BCUT2D eigenvalue weighted by Gasteiger charge is -2.32. The fraction of sp³-hybridized carbons (Fsp3) is 0.522. The minimum atomic E-state index is -0.367. The molecule has 2 aliphatic rings. The Morgan fingerprint density at radius 1 is 1.06 bits per heavy atom. The van der Waals surface area contributed by atoms with Gasteiger partial charge in [-0.15, -0.1) is 0 Å². The summed E-state index contributed by atoms with van der Waals surface area (Å²) in [4.78, 5) is 4.76. The average molecular weight is 420 g/mol. The second kappa shape index (κ2) is 6.77. The molecule has 1 atom stereocenters. The van der Waals surface area contributed by atoms with Gasteiger partial charge in [0.1, 0.15) is 0 Å². The van der Waals surface area contributed by atoms with Crippen LogP contribution in [-0.4, -0.2) is 38.2 Å². The molecule has 0 spiro atoms. The molecule has 0 N–H and O–H groups in total. The van der Waals surface area contributed by atoms with Crippen LogP contribution in [0.3, 0.4) is 0 Å². The van der Waals surface area contributed by atoms with Crippen molar-refractivity contribution in [2.45, 2.75) is 64.1 Å². The number of hydrogen-bond donors (Lipinski definition) is 0. The van der Waals surface area contributed by atoms with Gasteiger partial charge in [-0.1, -0.05) is 29.4 Å². The Morgan fingerprint density at radius 2 is 1.71 bits per heavy atom. The molecule has 3 heterocycles. The third kappa shape index (κ3) is 3.33. The van der Waals surface area contributed by atoms with Crippen molar-refractivity contribution in [2.75, 3.05) is 0 Å². The van der Waals surface area contributed by atoms with Crippen LogP contribution in [0.1, 0.15) is 58.8 Å². The largest absolute Gasteiger partial charge is 0.494 e. The molecule has 8 heteroatoms. The Hall–Kier alpha value is -2.45. The molecule has 1 unspecified atom stereocenters. The zero-order valence-corrected chi connectivity index (χ0v) is 19.0. The molecule has 1 aromatic carbocycles.